The smallest absolute Gasteiger partial charge is 0.306 e. The van der Waals surface area contributed by atoms with Crippen molar-refractivity contribution in [3.05, 3.63) is 0 Å². The van der Waals surface area contributed by atoms with Crippen LogP contribution in [0, 0.1) is 17.8 Å². The molecule has 2 unspecified atom stereocenters. The summed E-state index contributed by atoms with van der Waals surface area (Å²) >= 11 is 0. The monoisotopic (exact) mass is 709 g/mol. The van der Waals surface area contributed by atoms with Crippen molar-refractivity contribution in [3.8, 4) is 0 Å². The maximum Gasteiger partial charge on any atom is 0.306 e. The number of ether oxygens (including phenoxy) is 3. The molecule has 0 heterocycles. The van der Waals surface area contributed by atoms with Crippen LogP contribution in [-0.2, 0) is 28.6 Å². The molecule has 0 aromatic carbocycles. The molecule has 0 amide bonds. The molecule has 0 bridgehead atoms. The lowest BCUT2D eigenvalue weighted by Gasteiger charge is -2.18. The Kier molecular flexibility index (Phi) is 34.7. The topological polar surface area (TPSA) is 78.9 Å². The molecule has 0 N–H and O–H groups in total. The van der Waals surface area contributed by atoms with Gasteiger partial charge in [-0.2, -0.15) is 0 Å². The van der Waals surface area contributed by atoms with E-state index < -0.39 is 6.10 Å². The predicted molar refractivity (Wildman–Crippen MR) is 210 cm³/mol. The zero-order chi connectivity index (χ0) is 37.1. The molecule has 296 valence electrons. The third kappa shape index (κ3) is 34.8. The van der Waals surface area contributed by atoms with Crippen molar-refractivity contribution in [1.82, 2.24) is 0 Å². The SMILES string of the molecule is CCC(C)CCCCCCCCCCC(=O)O[C@@H](COC(=O)CCCCCCCCCC(C)C)COC(=O)CCCCCCCCC(C)CC. The quantitative estimate of drug-likeness (QED) is 0.0363. The standard InChI is InChI=1S/C44H84O6/c1-7-39(5)31-25-19-13-9-10-14-23-29-35-44(47)50-41(36-48-42(45)33-27-21-15-11-12-18-24-30-38(3)4)37-49-43(46)34-28-22-17-16-20-26-32-40(6)8-2/h38-41H,7-37H2,1-6H3/t39?,40?,41-/m0/s1. The average molecular weight is 709 g/mol. The highest BCUT2D eigenvalue weighted by molar-refractivity contribution is 5.71. The summed E-state index contributed by atoms with van der Waals surface area (Å²) in [7, 11) is 0. The van der Waals surface area contributed by atoms with Crippen LogP contribution in [-0.4, -0.2) is 37.2 Å². The molecule has 0 aliphatic heterocycles. The maximum absolute atomic E-state index is 12.7. The van der Waals surface area contributed by atoms with Gasteiger partial charge in [-0.3, -0.25) is 14.4 Å². The van der Waals surface area contributed by atoms with E-state index in [1.807, 2.05) is 0 Å². The average Bonchev–Trinajstić information content (AvgIpc) is 3.09. The molecule has 3 atom stereocenters. The van der Waals surface area contributed by atoms with Crippen molar-refractivity contribution in [1.29, 1.82) is 0 Å². The van der Waals surface area contributed by atoms with E-state index in [1.165, 1.54) is 109 Å². The first-order valence-electron chi connectivity index (χ1n) is 21.7. The fraction of sp³-hybridized carbons (Fsp3) is 0.932. The Hall–Kier alpha value is -1.59. The summed E-state index contributed by atoms with van der Waals surface area (Å²) in [4.78, 5) is 37.6. The molecule has 0 rings (SSSR count). The van der Waals surface area contributed by atoms with Crippen LogP contribution in [0.1, 0.15) is 228 Å². The fourth-order valence-corrected chi connectivity index (χ4v) is 6.28. The van der Waals surface area contributed by atoms with Gasteiger partial charge in [0.25, 0.3) is 0 Å². The van der Waals surface area contributed by atoms with Crippen LogP contribution in [0.3, 0.4) is 0 Å². The first kappa shape index (κ1) is 48.4. The van der Waals surface area contributed by atoms with Crippen LogP contribution < -0.4 is 0 Å². The van der Waals surface area contributed by atoms with Gasteiger partial charge in [0.05, 0.1) is 0 Å². The molecule has 0 fully saturated rings. The third-order valence-electron chi connectivity index (χ3n) is 10.4. The molecule has 0 spiro atoms. The van der Waals surface area contributed by atoms with Gasteiger partial charge >= 0.3 is 17.9 Å². The van der Waals surface area contributed by atoms with Gasteiger partial charge in [0.15, 0.2) is 6.10 Å². The van der Waals surface area contributed by atoms with Crippen molar-refractivity contribution in [3.63, 3.8) is 0 Å². The minimum absolute atomic E-state index is 0.0681. The highest BCUT2D eigenvalue weighted by Gasteiger charge is 2.19. The van der Waals surface area contributed by atoms with Crippen molar-refractivity contribution in [2.45, 2.75) is 234 Å². The van der Waals surface area contributed by atoms with E-state index in [-0.39, 0.29) is 31.1 Å². The largest absolute Gasteiger partial charge is 0.462 e. The third-order valence-corrected chi connectivity index (χ3v) is 10.4. The van der Waals surface area contributed by atoms with Crippen molar-refractivity contribution in [2.75, 3.05) is 13.2 Å². The van der Waals surface area contributed by atoms with Crippen molar-refractivity contribution in [2.24, 2.45) is 17.8 Å². The van der Waals surface area contributed by atoms with E-state index in [4.69, 9.17) is 14.2 Å². The molecule has 50 heavy (non-hydrogen) atoms. The zero-order valence-electron chi connectivity index (χ0n) is 34.2. The first-order valence-corrected chi connectivity index (χ1v) is 21.7. The van der Waals surface area contributed by atoms with Gasteiger partial charge in [0.1, 0.15) is 13.2 Å². The number of carbonyl (C=O) groups is 3. The maximum atomic E-state index is 12.7. The summed E-state index contributed by atoms with van der Waals surface area (Å²) in [6, 6.07) is 0. The molecular weight excluding hydrogens is 624 g/mol. The Labute approximate surface area is 310 Å². The van der Waals surface area contributed by atoms with Gasteiger partial charge in [-0.1, -0.05) is 189 Å². The van der Waals surface area contributed by atoms with Crippen LogP contribution in [0.15, 0.2) is 0 Å². The van der Waals surface area contributed by atoms with Crippen LogP contribution >= 0.6 is 0 Å². The molecule has 0 saturated heterocycles. The van der Waals surface area contributed by atoms with Gasteiger partial charge in [-0.25, -0.2) is 0 Å². The van der Waals surface area contributed by atoms with Crippen LogP contribution in [0.25, 0.3) is 0 Å². The van der Waals surface area contributed by atoms with Gasteiger partial charge in [-0.05, 0) is 37.0 Å². The number of carbonyl (C=O) groups excluding carboxylic acids is 3. The van der Waals surface area contributed by atoms with Crippen molar-refractivity contribution >= 4 is 17.9 Å². The van der Waals surface area contributed by atoms with E-state index in [9.17, 15) is 14.4 Å². The highest BCUT2D eigenvalue weighted by Crippen LogP contribution is 2.17. The number of hydrogen-bond acceptors (Lipinski definition) is 6. The van der Waals surface area contributed by atoms with Gasteiger partial charge in [0.2, 0.25) is 0 Å². The predicted octanol–water partition coefficient (Wildman–Crippen LogP) is 13.3. The molecule has 0 aromatic rings. The molecular formula is C44H84O6. The van der Waals surface area contributed by atoms with E-state index in [1.54, 1.807) is 0 Å². The summed E-state index contributed by atoms with van der Waals surface area (Å²) < 4.78 is 16.7. The van der Waals surface area contributed by atoms with E-state index in [0.717, 1.165) is 75.5 Å². The minimum atomic E-state index is -0.762. The fourth-order valence-electron chi connectivity index (χ4n) is 6.28. The second-order valence-electron chi connectivity index (χ2n) is 15.9. The first-order chi connectivity index (χ1) is 24.2. The second kappa shape index (κ2) is 35.8. The summed E-state index contributed by atoms with van der Waals surface area (Å²) in [5.41, 5.74) is 0. The number of hydrogen-bond donors (Lipinski definition) is 0. The van der Waals surface area contributed by atoms with Gasteiger partial charge in [-0.15, -0.1) is 0 Å². The van der Waals surface area contributed by atoms with Crippen LogP contribution in [0.4, 0.5) is 0 Å². The zero-order valence-corrected chi connectivity index (χ0v) is 34.2. The molecule has 6 heteroatoms. The summed E-state index contributed by atoms with van der Waals surface area (Å²) in [6.45, 7) is 13.6. The summed E-state index contributed by atoms with van der Waals surface area (Å²) in [5, 5.41) is 0. The highest BCUT2D eigenvalue weighted by atomic mass is 16.6. The molecule has 0 radical (unpaired) electrons. The Morgan fingerprint density at radius 2 is 0.700 bits per heavy atom. The Morgan fingerprint density at radius 3 is 1.04 bits per heavy atom. The Morgan fingerprint density at radius 1 is 0.400 bits per heavy atom. The molecule has 0 aliphatic carbocycles. The Bertz CT molecular complexity index is 780. The van der Waals surface area contributed by atoms with Crippen LogP contribution in [0.2, 0.25) is 0 Å². The number of unbranched alkanes of at least 4 members (excludes halogenated alkanes) is 18. The Balaban J connectivity index is 4.38. The van der Waals surface area contributed by atoms with Crippen molar-refractivity contribution < 1.29 is 28.6 Å². The second-order valence-corrected chi connectivity index (χ2v) is 15.9. The lowest BCUT2D eigenvalue weighted by Crippen LogP contribution is -2.30. The molecule has 6 nitrogen and oxygen atoms in total. The summed E-state index contributed by atoms with van der Waals surface area (Å²) in [5.74, 6) is 1.57. The molecule has 0 aromatic heterocycles. The molecule has 0 saturated carbocycles. The number of rotatable bonds is 37. The van der Waals surface area contributed by atoms with E-state index in [0.29, 0.717) is 19.3 Å². The lowest BCUT2D eigenvalue weighted by atomic mass is 9.99. The van der Waals surface area contributed by atoms with Crippen LogP contribution in [0.5, 0.6) is 0 Å². The van der Waals surface area contributed by atoms with Gasteiger partial charge in [0, 0.05) is 19.3 Å². The van der Waals surface area contributed by atoms with E-state index in [2.05, 4.69) is 41.5 Å². The summed E-state index contributed by atoms with van der Waals surface area (Å²) in [6.07, 6.45) is 30.9. The number of esters is 3. The molecule has 0 aliphatic rings. The van der Waals surface area contributed by atoms with Gasteiger partial charge < -0.3 is 14.2 Å². The minimum Gasteiger partial charge on any atom is -0.462 e. The normalized spacial score (nSPS) is 13.3. The van der Waals surface area contributed by atoms with E-state index >= 15 is 0 Å². The lowest BCUT2D eigenvalue weighted by molar-refractivity contribution is -0.167.